The first-order chi connectivity index (χ1) is 9.11. The topological polar surface area (TPSA) is 106 Å². The summed E-state index contributed by atoms with van der Waals surface area (Å²) in [5.41, 5.74) is 3.78. The molecule has 0 radical (unpaired) electrons. The van der Waals surface area contributed by atoms with E-state index in [9.17, 15) is 9.59 Å². The number of carbonyl (C=O) groups excluding carboxylic acids is 1. The normalized spacial score (nSPS) is 10.6. The van der Waals surface area contributed by atoms with Crippen molar-refractivity contribution in [1.29, 1.82) is 0 Å². The number of carboxylic acid groups (broad SMARTS) is 1. The average Bonchev–Trinajstić information content (AvgIpc) is 2.80. The number of aliphatic carboxylic acids is 1. The van der Waals surface area contributed by atoms with Gasteiger partial charge in [0, 0.05) is 12.1 Å². The molecule has 1 aromatic heterocycles. The Labute approximate surface area is 107 Å². The minimum absolute atomic E-state index is 0.320. The number of hydroxylamine groups is 1. The Kier molecular flexibility index (Phi) is 3.71. The van der Waals surface area contributed by atoms with Gasteiger partial charge in [-0.15, -0.1) is 5.10 Å². The smallest absolute Gasteiger partial charge is 0.332 e. The molecule has 0 saturated carbocycles. The lowest BCUT2D eigenvalue weighted by molar-refractivity contribution is -0.144. The van der Waals surface area contributed by atoms with Crippen LogP contribution in [0.3, 0.4) is 0 Å². The molecule has 0 aliphatic heterocycles. The zero-order valence-corrected chi connectivity index (χ0v) is 10.2. The molecular formula is C11H12N4O4. The zero-order valence-electron chi connectivity index (χ0n) is 10.2. The van der Waals surface area contributed by atoms with Crippen molar-refractivity contribution < 1.29 is 19.5 Å². The molecule has 0 spiro atoms. The summed E-state index contributed by atoms with van der Waals surface area (Å²) in [5.74, 6) is -1.70. The van der Waals surface area contributed by atoms with Crippen LogP contribution in [0, 0.1) is 0 Å². The highest BCUT2D eigenvalue weighted by Crippen LogP contribution is 2.13. The quantitative estimate of drug-likeness (QED) is 0.747. The minimum Gasteiger partial charge on any atom is -0.479 e. The van der Waals surface area contributed by atoms with Crippen molar-refractivity contribution in [3.63, 3.8) is 0 Å². The molecule has 1 amide bonds. The van der Waals surface area contributed by atoms with Crippen LogP contribution in [0.4, 0.5) is 0 Å². The van der Waals surface area contributed by atoms with Crippen LogP contribution in [0.1, 0.15) is 17.3 Å². The maximum absolute atomic E-state index is 11.7. The fourth-order valence-corrected chi connectivity index (χ4v) is 1.57. The van der Waals surface area contributed by atoms with E-state index in [-0.39, 0.29) is 0 Å². The number of amides is 1. The van der Waals surface area contributed by atoms with Crippen LogP contribution in [0.5, 0.6) is 0 Å². The fraction of sp³-hybridized carbons (Fsp3) is 0.273. The number of aryl methyl sites for hydroxylation is 1. The van der Waals surface area contributed by atoms with E-state index < -0.39 is 18.5 Å². The molecule has 0 unspecified atom stereocenters. The van der Waals surface area contributed by atoms with E-state index in [2.05, 4.69) is 15.1 Å². The highest BCUT2D eigenvalue weighted by molar-refractivity contribution is 5.96. The summed E-state index contributed by atoms with van der Waals surface area (Å²) in [7, 11) is 0. The highest BCUT2D eigenvalue weighted by Gasteiger charge is 2.10. The number of carbonyl (C=O) groups is 2. The van der Waals surface area contributed by atoms with Gasteiger partial charge in [0.05, 0.1) is 5.52 Å². The Morgan fingerprint density at radius 1 is 1.47 bits per heavy atom. The Bertz CT molecular complexity index is 622. The summed E-state index contributed by atoms with van der Waals surface area (Å²) in [6.07, 6.45) is 0. The van der Waals surface area contributed by atoms with E-state index in [1.54, 1.807) is 22.9 Å². The molecule has 0 aliphatic carbocycles. The van der Waals surface area contributed by atoms with Crippen LogP contribution in [0.2, 0.25) is 0 Å². The average molecular weight is 264 g/mol. The van der Waals surface area contributed by atoms with Crippen molar-refractivity contribution in [1.82, 2.24) is 20.5 Å². The van der Waals surface area contributed by atoms with Crippen LogP contribution in [-0.2, 0) is 16.2 Å². The summed E-state index contributed by atoms with van der Waals surface area (Å²) < 4.78 is 1.71. The summed E-state index contributed by atoms with van der Waals surface area (Å²) in [6.45, 7) is 2.03. The monoisotopic (exact) mass is 264 g/mol. The van der Waals surface area contributed by atoms with E-state index in [1.165, 1.54) is 0 Å². The lowest BCUT2D eigenvalue weighted by Gasteiger charge is -2.03. The largest absolute Gasteiger partial charge is 0.479 e. The van der Waals surface area contributed by atoms with Gasteiger partial charge in [-0.25, -0.2) is 15.0 Å². The molecule has 0 atom stereocenters. The summed E-state index contributed by atoms with van der Waals surface area (Å²) in [5, 5.41) is 16.2. The Balaban J connectivity index is 2.12. The number of hydrogen-bond donors (Lipinski definition) is 2. The van der Waals surface area contributed by atoms with Gasteiger partial charge in [0.15, 0.2) is 6.61 Å². The van der Waals surface area contributed by atoms with Crippen LogP contribution in [0.15, 0.2) is 18.2 Å². The first-order valence-corrected chi connectivity index (χ1v) is 5.59. The third-order valence-electron chi connectivity index (χ3n) is 2.44. The Hall–Kier alpha value is -2.48. The van der Waals surface area contributed by atoms with Crippen molar-refractivity contribution in [2.24, 2.45) is 0 Å². The van der Waals surface area contributed by atoms with Crippen molar-refractivity contribution in [3.05, 3.63) is 23.8 Å². The molecule has 0 fully saturated rings. The van der Waals surface area contributed by atoms with Crippen molar-refractivity contribution in [3.8, 4) is 0 Å². The standard InChI is InChI=1S/C11H12N4O4/c1-2-15-9-4-3-7(5-8(9)12-14-15)11(18)13-19-6-10(16)17/h3-5H,2,6H2,1H3,(H,13,18)(H,16,17). The second kappa shape index (κ2) is 5.44. The summed E-state index contributed by atoms with van der Waals surface area (Å²) in [6, 6.07) is 4.89. The number of benzene rings is 1. The number of nitrogens with one attached hydrogen (secondary N) is 1. The van der Waals surface area contributed by atoms with Crippen molar-refractivity contribution in [2.75, 3.05) is 6.61 Å². The Morgan fingerprint density at radius 3 is 2.95 bits per heavy atom. The minimum atomic E-state index is -1.17. The molecule has 0 aliphatic rings. The highest BCUT2D eigenvalue weighted by atomic mass is 16.7. The van der Waals surface area contributed by atoms with Gasteiger partial charge >= 0.3 is 5.97 Å². The third kappa shape index (κ3) is 2.86. The fourth-order valence-electron chi connectivity index (χ4n) is 1.57. The third-order valence-corrected chi connectivity index (χ3v) is 2.44. The van der Waals surface area contributed by atoms with E-state index >= 15 is 0 Å². The lowest BCUT2D eigenvalue weighted by Crippen LogP contribution is -2.26. The molecule has 2 rings (SSSR count). The summed E-state index contributed by atoms with van der Waals surface area (Å²) in [4.78, 5) is 26.4. The molecule has 100 valence electrons. The van der Waals surface area contributed by atoms with Crippen LogP contribution >= 0.6 is 0 Å². The molecule has 0 bridgehead atoms. The molecule has 2 N–H and O–H groups in total. The van der Waals surface area contributed by atoms with Gasteiger partial charge < -0.3 is 5.11 Å². The molecular weight excluding hydrogens is 252 g/mol. The molecule has 0 saturated heterocycles. The molecule has 8 heteroatoms. The van der Waals surface area contributed by atoms with Crippen molar-refractivity contribution >= 4 is 22.9 Å². The summed E-state index contributed by atoms with van der Waals surface area (Å²) >= 11 is 0. The number of fused-ring (bicyclic) bond motifs is 1. The van der Waals surface area contributed by atoms with Gasteiger partial charge in [0.2, 0.25) is 0 Å². The predicted octanol–water partition coefficient (Wildman–Crippen LogP) is 0.197. The van der Waals surface area contributed by atoms with Crippen LogP contribution in [-0.4, -0.2) is 38.6 Å². The number of nitrogens with zero attached hydrogens (tertiary/aromatic N) is 3. The van der Waals surface area contributed by atoms with Gasteiger partial charge in [-0.3, -0.25) is 9.63 Å². The number of rotatable bonds is 5. The van der Waals surface area contributed by atoms with E-state index in [4.69, 9.17) is 5.11 Å². The van der Waals surface area contributed by atoms with Gasteiger partial charge in [0.25, 0.3) is 5.91 Å². The van der Waals surface area contributed by atoms with Gasteiger partial charge in [-0.05, 0) is 25.1 Å². The van der Waals surface area contributed by atoms with E-state index in [0.717, 1.165) is 5.52 Å². The molecule has 1 aromatic carbocycles. The Morgan fingerprint density at radius 2 is 2.26 bits per heavy atom. The first kappa shape index (κ1) is 13.0. The SMILES string of the molecule is CCn1nnc2cc(C(=O)NOCC(=O)O)ccc21. The molecule has 19 heavy (non-hydrogen) atoms. The second-order valence-corrected chi connectivity index (χ2v) is 3.72. The van der Waals surface area contributed by atoms with Gasteiger partial charge in [-0.2, -0.15) is 0 Å². The van der Waals surface area contributed by atoms with Gasteiger partial charge in [0.1, 0.15) is 5.52 Å². The van der Waals surface area contributed by atoms with E-state index in [1.807, 2.05) is 12.4 Å². The number of aromatic nitrogens is 3. The lowest BCUT2D eigenvalue weighted by atomic mass is 10.2. The predicted molar refractivity (Wildman–Crippen MR) is 64.3 cm³/mol. The number of hydrogen-bond acceptors (Lipinski definition) is 5. The van der Waals surface area contributed by atoms with E-state index in [0.29, 0.717) is 17.6 Å². The maximum atomic E-state index is 11.7. The first-order valence-electron chi connectivity index (χ1n) is 5.59. The van der Waals surface area contributed by atoms with Crippen LogP contribution < -0.4 is 5.48 Å². The van der Waals surface area contributed by atoms with Gasteiger partial charge in [-0.1, -0.05) is 5.21 Å². The molecule has 2 aromatic rings. The van der Waals surface area contributed by atoms with Crippen LogP contribution in [0.25, 0.3) is 11.0 Å². The second-order valence-electron chi connectivity index (χ2n) is 3.72. The molecule has 1 heterocycles. The van der Waals surface area contributed by atoms with Crippen molar-refractivity contribution in [2.45, 2.75) is 13.5 Å². The molecule has 8 nitrogen and oxygen atoms in total. The number of carboxylic acids is 1. The zero-order chi connectivity index (χ0) is 13.8. The maximum Gasteiger partial charge on any atom is 0.332 e.